The number of hydrogen-bond donors (Lipinski definition) is 1. The van der Waals surface area contributed by atoms with Crippen LogP contribution in [0.3, 0.4) is 0 Å². The molecular formula is C14H13ClN2OS. The molecule has 1 amide bonds. The van der Waals surface area contributed by atoms with Gasteiger partial charge in [0.25, 0.3) is 5.91 Å². The number of nitrogen functional groups attached to an aromatic ring is 1. The van der Waals surface area contributed by atoms with Gasteiger partial charge in [-0.2, -0.15) is 0 Å². The van der Waals surface area contributed by atoms with Crippen molar-refractivity contribution in [3.8, 4) is 12.3 Å². The van der Waals surface area contributed by atoms with Gasteiger partial charge in [-0.15, -0.1) is 17.8 Å². The van der Waals surface area contributed by atoms with Crippen LogP contribution in [-0.2, 0) is 0 Å². The molecule has 0 atom stereocenters. The van der Waals surface area contributed by atoms with Gasteiger partial charge >= 0.3 is 0 Å². The largest absolute Gasteiger partial charge is 0.397 e. The molecule has 1 aromatic carbocycles. The van der Waals surface area contributed by atoms with Crippen molar-refractivity contribution in [2.45, 2.75) is 6.92 Å². The van der Waals surface area contributed by atoms with Crippen molar-refractivity contribution in [3.05, 3.63) is 28.1 Å². The van der Waals surface area contributed by atoms with Crippen molar-refractivity contribution in [3.63, 3.8) is 0 Å². The van der Waals surface area contributed by atoms with Crippen LogP contribution >= 0.6 is 22.9 Å². The normalized spacial score (nSPS) is 10.4. The number of halogens is 1. The van der Waals surface area contributed by atoms with Crippen LogP contribution < -0.4 is 5.73 Å². The van der Waals surface area contributed by atoms with Crippen LogP contribution in [0.15, 0.2) is 18.2 Å². The fraction of sp³-hybridized carbons (Fsp3) is 0.214. The molecule has 0 bridgehead atoms. The Balaban J connectivity index is 2.48. The maximum Gasteiger partial charge on any atom is 0.266 e. The summed E-state index contributed by atoms with van der Waals surface area (Å²) in [5.41, 5.74) is 6.53. The van der Waals surface area contributed by atoms with E-state index in [1.165, 1.54) is 11.3 Å². The van der Waals surface area contributed by atoms with Crippen LogP contribution in [-0.4, -0.2) is 23.9 Å². The number of terminal acetylenes is 1. The van der Waals surface area contributed by atoms with Crippen LogP contribution in [0.4, 0.5) is 5.69 Å². The summed E-state index contributed by atoms with van der Waals surface area (Å²) in [5.74, 6) is 2.35. The van der Waals surface area contributed by atoms with Crippen LogP contribution in [0.5, 0.6) is 0 Å². The van der Waals surface area contributed by atoms with Gasteiger partial charge in [0.15, 0.2) is 0 Å². The second-order valence-electron chi connectivity index (χ2n) is 4.01. The zero-order chi connectivity index (χ0) is 14.0. The van der Waals surface area contributed by atoms with E-state index in [2.05, 4.69) is 5.92 Å². The molecule has 0 aliphatic carbocycles. The molecule has 2 rings (SSSR count). The first-order chi connectivity index (χ1) is 9.08. The molecule has 0 unspecified atom stereocenters. The summed E-state index contributed by atoms with van der Waals surface area (Å²) in [5, 5.41) is 1.42. The average Bonchev–Trinajstić information content (AvgIpc) is 2.72. The quantitative estimate of drug-likeness (QED) is 0.883. The van der Waals surface area contributed by atoms with Crippen LogP contribution in [0, 0.1) is 12.3 Å². The van der Waals surface area contributed by atoms with Gasteiger partial charge in [-0.1, -0.05) is 17.5 Å². The third-order valence-corrected chi connectivity index (χ3v) is 4.24. The van der Waals surface area contributed by atoms with Gasteiger partial charge in [0.2, 0.25) is 0 Å². The zero-order valence-electron chi connectivity index (χ0n) is 10.4. The van der Waals surface area contributed by atoms with Crippen molar-refractivity contribution in [1.29, 1.82) is 0 Å². The lowest BCUT2D eigenvalue weighted by Gasteiger charge is -2.17. The number of thiophene rings is 1. The second kappa shape index (κ2) is 5.52. The number of anilines is 1. The third-order valence-electron chi connectivity index (χ3n) is 2.83. The van der Waals surface area contributed by atoms with Gasteiger partial charge in [-0.3, -0.25) is 4.79 Å². The Bertz CT molecular complexity index is 672. The molecule has 3 nitrogen and oxygen atoms in total. The highest BCUT2D eigenvalue weighted by molar-refractivity contribution is 7.21. The lowest BCUT2D eigenvalue weighted by molar-refractivity contribution is 0.0790. The number of rotatable bonds is 3. The van der Waals surface area contributed by atoms with E-state index in [4.69, 9.17) is 23.8 Å². The van der Waals surface area contributed by atoms with E-state index in [0.29, 0.717) is 22.1 Å². The fourth-order valence-corrected chi connectivity index (χ4v) is 3.07. The molecule has 0 spiro atoms. The summed E-state index contributed by atoms with van der Waals surface area (Å²) >= 11 is 7.31. The Hall–Kier alpha value is -1.70. The number of benzene rings is 1. The van der Waals surface area contributed by atoms with E-state index < -0.39 is 0 Å². The van der Waals surface area contributed by atoms with Gasteiger partial charge in [-0.05, 0) is 25.1 Å². The lowest BCUT2D eigenvalue weighted by Crippen LogP contribution is -2.30. The first-order valence-electron chi connectivity index (χ1n) is 5.78. The van der Waals surface area contributed by atoms with Gasteiger partial charge in [0.05, 0.1) is 12.2 Å². The Morgan fingerprint density at radius 3 is 2.95 bits per heavy atom. The zero-order valence-corrected chi connectivity index (χ0v) is 12.0. The van der Waals surface area contributed by atoms with E-state index in [-0.39, 0.29) is 12.5 Å². The minimum absolute atomic E-state index is 0.129. The molecule has 5 heteroatoms. The number of hydrogen-bond acceptors (Lipinski definition) is 3. The van der Waals surface area contributed by atoms with Gasteiger partial charge in [-0.25, -0.2) is 0 Å². The van der Waals surface area contributed by atoms with E-state index in [0.717, 1.165) is 10.1 Å². The monoisotopic (exact) mass is 292 g/mol. The minimum Gasteiger partial charge on any atom is -0.397 e. The highest BCUT2D eigenvalue weighted by atomic mass is 35.5. The van der Waals surface area contributed by atoms with Crippen molar-refractivity contribution in [2.24, 2.45) is 0 Å². The van der Waals surface area contributed by atoms with Gasteiger partial charge in [0, 0.05) is 21.7 Å². The summed E-state index contributed by atoms with van der Waals surface area (Å²) in [7, 11) is 0. The van der Waals surface area contributed by atoms with E-state index in [9.17, 15) is 4.79 Å². The molecule has 0 aliphatic heterocycles. The van der Waals surface area contributed by atoms with Crippen molar-refractivity contribution >= 4 is 44.6 Å². The maximum absolute atomic E-state index is 12.4. The summed E-state index contributed by atoms with van der Waals surface area (Å²) < 4.78 is 0.946. The molecule has 1 heterocycles. The summed E-state index contributed by atoms with van der Waals surface area (Å²) in [4.78, 5) is 14.5. The first-order valence-corrected chi connectivity index (χ1v) is 6.98. The molecule has 1 aromatic heterocycles. The Labute approximate surface area is 121 Å². The number of carbonyl (C=O) groups is 1. The van der Waals surface area contributed by atoms with Crippen molar-refractivity contribution in [2.75, 3.05) is 18.8 Å². The predicted octanol–water partition coefficient (Wildman–Crippen LogP) is 3.23. The molecule has 2 N–H and O–H groups in total. The first kappa shape index (κ1) is 13.7. The summed E-state index contributed by atoms with van der Waals surface area (Å²) in [6.45, 7) is 2.72. The third kappa shape index (κ3) is 2.53. The SMILES string of the molecule is C#CCN(CC)C(=O)c1sc2ccc(Cl)cc2c1N. The lowest BCUT2D eigenvalue weighted by atomic mass is 10.2. The van der Waals surface area contributed by atoms with E-state index in [1.54, 1.807) is 17.0 Å². The predicted molar refractivity (Wildman–Crippen MR) is 81.7 cm³/mol. The highest BCUT2D eigenvalue weighted by Gasteiger charge is 2.20. The highest BCUT2D eigenvalue weighted by Crippen LogP contribution is 2.35. The molecule has 0 aliphatic rings. The van der Waals surface area contributed by atoms with Crippen LogP contribution in [0.1, 0.15) is 16.6 Å². The number of amides is 1. The Morgan fingerprint density at radius 1 is 1.58 bits per heavy atom. The molecule has 0 radical (unpaired) electrons. The number of carbonyl (C=O) groups excluding carboxylic acids is 1. The molecule has 0 saturated carbocycles. The van der Waals surface area contributed by atoms with Gasteiger partial charge in [0.1, 0.15) is 4.88 Å². The maximum atomic E-state index is 12.4. The Morgan fingerprint density at radius 2 is 2.32 bits per heavy atom. The molecule has 98 valence electrons. The Kier molecular flexibility index (Phi) is 3.98. The second-order valence-corrected chi connectivity index (χ2v) is 5.50. The smallest absolute Gasteiger partial charge is 0.266 e. The number of nitrogens with zero attached hydrogens (tertiary/aromatic N) is 1. The van der Waals surface area contributed by atoms with Gasteiger partial charge < -0.3 is 10.6 Å². The van der Waals surface area contributed by atoms with E-state index in [1.807, 2.05) is 13.0 Å². The molecule has 0 saturated heterocycles. The fourth-order valence-electron chi connectivity index (χ4n) is 1.83. The molecule has 19 heavy (non-hydrogen) atoms. The summed E-state index contributed by atoms with van der Waals surface area (Å²) in [6, 6.07) is 5.43. The summed E-state index contributed by atoms with van der Waals surface area (Å²) in [6.07, 6.45) is 5.26. The van der Waals surface area contributed by atoms with Crippen LogP contribution in [0.2, 0.25) is 5.02 Å². The molecular weight excluding hydrogens is 280 g/mol. The van der Waals surface area contributed by atoms with E-state index >= 15 is 0 Å². The standard InChI is InChI=1S/C14H13ClN2OS/c1-3-7-17(4-2)14(18)13-12(16)10-8-9(15)5-6-11(10)19-13/h1,5-6,8H,4,7,16H2,2H3. The topological polar surface area (TPSA) is 46.3 Å². The minimum atomic E-state index is -0.129. The van der Waals surface area contributed by atoms with Crippen LogP contribution in [0.25, 0.3) is 10.1 Å². The number of nitrogens with two attached hydrogens (primary N) is 1. The average molecular weight is 293 g/mol. The number of fused-ring (bicyclic) bond motifs is 1. The molecule has 0 fully saturated rings. The van der Waals surface area contributed by atoms with Crippen molar-refractivity contribution < 1.29 is 4.79 Å². The molecule has 2 aromatic rings. The van der Waals surface area contributed by atoms with Crippen molar-refractivity contribution in [1.82, 2.24) is 4.90 Å².